The molecule has 39 heavy (non-hydrogen) atoms. The monoisotopic (exact) mass is 648 g/mol. The zero-order valence-electron chi connectivity index (χ0n) is 24.7. The van der Waals surface area contributed by atoms with Gasteiger partial charge in [-0.15, -0.1) is 0 Å². The molecule has 0 aliphatic heterocycles. The second-order valence-electron chi connectivity index (χ2n) is 13.9. The molecule has 0 saturated heterocycles. The van der Waals surface area contributed by atoms with Crippen molar-refractivity contribution in [3.63, 3.8) is 0 Å². The highest BCUT2D eigenvalue weighted by Gasteiger charge is 2.65. The second-order valence-corrected chi connectivity index (χ2v) is 15.2. The topological polar surface area (TPSA) is 52.6 Å². The maximum atomic E-state index is 13.7. The summed E-state index contributed by atoms with van der Waals surface area (Å²) in [6.45, 7) is 9.86. The van der Waals surface area contributed by atoms with E-state index in [0.717, 1.165) is 16.4 Å². The molecule has 5 heteroatoms. The van der Waals surface area contributed by atoms with Crippen LogP contribution >= 0.6 is 22.6 Å². The van der Waals surface area contributed by atoms with E-state index in [1.165, 1.54) is 58.5 Å². The lowest BCUT2D eigenvalue weighted by atomic mass is 9.41. The second kappa shape index (κ2) is 11.6. The van der Waals surface area contributed by atoms with E-state index in [0.29, 0.717) is 58.8 Å². The van der Waals surface area contributed by atoms with Crippen LogP contribution in [-0.4, -0.2) is 25.2 Å². The third kappa shape index (κ3) is 5.20. The van der Waals surface area contributed by atoms with E-state index in [-0.39, 0.29) is 23.5 Å². The smallest absolute Gasteiger partial charge is 0.338 e. The van der Waals surface area contributed by atoms with Gasteiger partial charge in [-0.05, 0) is 138 Å². The van der Waals surface area contributed by atoms with Gasteiger partial charge in [-0.3, -0.25) is 4.79 Å². The van der Waals surface area contributed by atoms with E-state index in [4.69, 9.17) is 9.47 Å². The van der Waals surface area contributed by atoms with Crippen LogP contribution in [0.4, 0.5) is 0 Å². The summed E-state index contributed by atoms with van der Waals surface area (Å²) in [5, 5.41) is 0. The zero-order chi connectivity index (χ0) is 27.9. The molecule has 1 aromatic carbocycles. The van der Waals surface area contributed by atoms with Gasteiger partial charge in [0.2, 0.25) is 0 Å². The minimum atomic E-state index is -0.136. The van der Waals surface area contributed by atoms with Gasteiger partial charge in [0.25, 0.3) is 0 Å². The minimum absolute atomic E-state index is 0.00436. The number of benzene rings is 1. The first-order valence-corrected chi connectivity index (χ1v) is 16.7. The predicted octanol–water partition coefficient (Wildman–Crippen LogP) is 8.70. The Balaban J connectivity index is 1.48. The molecule has 0 spiro atoms. The van der Waals surface area contributed by atoms with Gasteiger partial charge in [0.15, 0.2) is 0 Å². The summed E-state index contributed by atoms with van der Waals surface area (Å²) in [5.74, 6) is 3.57. The van der Waals surface area contributed by atoms with Gasteiger partial charge in [-0.2, -0.15) is 0 Å². The number of carbonyl (C=O) groups excluding carboxylic acids is 2. The van der Waals surface area contributed by atoms with Crippen LogP contribution in [0.2, 0.25) is 0 Å². The van der Waals surface area contributed by atoms with Crippen molar-refractivity contribution in [1.29, 1.82) is 0 Å². The molecular formula is C34H49IO4. The molecule has 4 nitrogen and oxygen atoms in total. The first kappa shape index (κ1) is 29.4. The van der Waals surface area contributed by atoms with E-state index in [9.17, 15) is 9.59 Å². The highest BCUT2D eigenvalue weighted by atomic mass is 127. The Morgan fingerprint density at radius 1 is 1.03 bits per heavy atom. The van der Waals surface area contributed by atoms with Crippen LogP contribution < -0.4 is 0 Å². The fourth-order valence-electron chi connectivity index (χ4n) is 10.6. The van der Waals surface area contributed by atoms with Crippen LogP contribution in [-0.2, 0) is 14.3 Å². The molecule has 4 fully saturated rings. The first-order chi connectivity index (χ1) is 18.6. The van der Waals surface area contributed by atoms with Crippen LogP contribution in [0.1, 0.15) is 109 Å². The number of esters is 2. The molecule has 5 rings (SSSR count). The maximum absolute atomic E-state index is 13.7. The Bertz CT molecular complexity index is 1060. The SMILES string of the molecule is CC[C@H]1[C@@H](OC(=O)c2cccc(I)c2)[C@@H]2[C@H](CC[C@]3(C)[C@@H]([C@H](C)CCC(=O)OC)CC[C@@H]23)[C@@]2(C)CCCC[C@@H]12. The Hall–Kier alpha value is -1.11. The molecule has 0 aromatic heterocycles. The third-order valence-electron chi connectivity index (χ3n) is 12.4. The van der Waals surface area contributed by atoms with Crippen molar-refractivity contribution in [2.24, 2.45) is 52.3 Å². The molecule has 216 valence electrons. The standard InChI is InChI=1S/C34H49IO4/c1-6-24-26-12-7-8-18-33(26,3)28-17-19-34(4)25(21(2)13-16-29(36)38-5)14-15-27(34)30(28)31(24)39-32(37)22-10-9-11-23(35)20-22/h9-11,20-21,24-28,30-31H,6-8,12-19H2,1-5H3/t21-,24-,25-,26+,27+,28+,30+,31-,33+,34-/m1/s1. The van der Waals surface area contributed by atoms with Gasteiger partial charge in [-0.25, -0.2) is 4.79 Å². The van der Waals surface area contributed by atoms with Gasteiger partial charge in [-0.1, -0.05) is 46.6 Å². The van der Waals surface area contributed by atoms with Crippen molar-refractivity contribution in [2.75, 3.05) is 7.11 Å². The highest BCUT2D eigenvalue weighted by Crippen LogP contribution is 2.70. The summed E-state index contributed by atoms with van der Waals surface area (Å²) in [5.41, 5.74) is 1.27. The average molecular weight is 649 g/mol. The van der Waals surface area contributed by atoms with Gasteiger partial charge >= 0.3 is 11.9 Å². The summed E-state index contributed by atoms with van der Waals surface area (Å²) in [6.07, 6.45) is 12.7. The summed E-state index contributed by atoms with van der Waals surface area (Å²) < 4.78 is 12.8. The van der Waals surface area contributed by atoms with Gasteiger partial charge in [0.1, 0.15) is 6.10 Å². The number of rotatable bonds is 7. The van der Waals surface area contributed by atoms with E-state index < -0.39 is 0 Å². The number of fused-ring (bicyclic) bond motifs is 5. The van der Waals surface area contributed by atoms with Crippen molar-refractivity contribution >= 4 is 34.5 Å². The molecule has 0 amide bonds. The van der Waals surface area contributed by atoms with Crippen molar-refractivity contribution < 1.29 is 19.1 Å². The molecular weight excluding hydrogens is 599 g/mol. The molecule has 4 aliphatic carbocycles. The number of carbonyl (C=O) groups is 2. The summed E-state index contributed by atoms with van der Waals surface area (Å²) in [7, 11) is 1.49. The van der Waals surface area contributed by atoms with Gasteiger partial charge in [0.05, 0.1) is 12.7 Å². The van der Waals surface area contributed by atoms with Crippen LogP contribution in [0.25, 0.3) is 0 Å². The number of hydrogen-bond acceptors (Lipinski definition) is 4. The zero-order valence-corrected chi connectivity index (χ0v) is 26.9. The van der Waals surface area contributed by atoms with Crippen LogP contribution in [0, 0.1) is 55.8 Å². The number of hydrogen-bond donors (Lipinski definition) is 0. The van der Waals surface area contributed by atoms with Crippen LogP contribution in [0.15, 0.2) is 24.3 Å². The van der Waals surface area contributed by atoms with Crippen LogP contribution in [0.5, 0.6) is 0 Å². The van der Waals surface area contributed by atoms with Gasteiger partial charge < -0.3 is 9.47 Å². The fourth-order valence-corrected chi connectivity index (χ4v) is 11.1. The summed E-state index contributed by atoms with van der Waals surface area (Å²) in [6, 6.07) is 7.87. The molecule has 0 unspecified atom stereocenters. The average Bonchev–Trinajstić information content (AvgIpc) is 3.28. The molecule has 0 heterocycles. The van der Waals surface area contributed by atoms with Crippen molar-refractivity contribution in [2.45, 2.75) is 104 Å². The van der Waals surface area contributed by atoms with E-state index >= 15 is 0 Å². The Morgan fingerprint density at radius 3 is 2.51 bits per heavy atom. The Morgan fingerprint density at radius 2 is 1.79 bits per heavy atom. The number of ether oxygens (including phenoxy) is 2. The number of halogens is 1. The number of methoxy groups -OCH3 is 1. The molecule has 1 aromatic rings. The molecule has 4 saturated carbocycles. The van der Waals surface area contributed by atoms with Crippen molar-refractivity contribution in [1.82, 2.24) is 0 Å². The molecule has 0 N–H and O–H groups in total. The quantitative estimate of drug-likeness (QED) is 0.219. The molecule has 0 radical (unpaired) electrons. The lowest BCUT2D eigenvalue weighted by Gasteiger charge is -2.64. The highest BCUT2D eigenvalue weighted by molar-refractivity contribution is 14.1. The molecule has 10 atom stereocenters. The van der Waals surface area contributed by atoms with Crippen molar-refractivity contribution in [3.8, 4) is 0 Å². The molecule has 0 bridgehead atoms. The Labute approximate surface area is 249 Å². The van der Waals surface area contributed by atoms with Gasteiger partial charge in [0, 0.05) is 15.9 Å². The lowest BCUT2D eigenvalue weighted by Crippen LogP contribution is -2.62. The minimum Gasteiger partial charge on any atom is -0.469 e. The van der Waals surface area contributed by atoms with E-state index in [2.05, 4.69) is 50.3 Å². The fraction of sp³-hybridized carbons (Fsp3) is 0.765. The normalized spacial score (nSPS) is 40.1. The van der Waals surface area contributed by atoms with E-state index in [1.54, 1.807) is 0 Å². The predicted molar refractivity (Wildman–Crippen MR) is 163 cm³/mol. The third-order valence-corrected chi connectivity index (χ3v) is 13.1. The van der Waals surface area contributed by atoms with E-state index in [1.807, 2.05) is 24.3 Å². The largest absolute Gasteiger partial charge is 0.469 e. The summed E-state index contributed by atoms with van der Waals surface area (Å²) >= 11 is 2.28. The lowest BCUT2D eigenvalue weighted by molar-refractivity contribution is -0.195. The maximum Gasteiger partial charge on any atom is 0.338 e. The van der Waals surface area contributed by atoms with Crippen molar-refractivity contribution in [3.05, 3.63) is 33.4 Å². The van der Waals surface area contributed by atoms with Crippen LogP contribution in [0.3, 0.4) is 0 Å². The first-order valence-electron chi connectivity index (χ1n) is 15.7. The summed E-state index contributed by atoms with van der Waals surface area (Å²) in [4.78, 5) is 25.6. The molecule has 4 aliphatic rings. The Kier molecular flexibility index (Phi) is 8.77.